The van der Waals surface area contributed by atoms with Crippen LogP contribution in [0.15, 0.2) is 29.4 Å². The summed E-state index contributed by atoms with van der Waals surface area (Å²) in [6.45, 7) is 7.07. The second kappa shape index (κ2) is 10.3. The third-order valence-electron chi connectivity index (χ3n) is 6.69. The van der Waals surface area contributed by atoms with Gasteiger partial charge in [0.05, 0.1) is 24.0 Å². The molecule has 1 unspecified atom stereocenters. The zero-order valence-electron chi connectivity index (χ0n) is 19.9. The molecule has 0 saturated carbocycles. The number of fused-ring (bicyclic) bond motifs is 1. The van der Waals surface area contributed by atoms with Crippen molar-refractivity contribution in [2.75, 3.05) is 31.2 Å². The quantitative estimate of drug-likeness (QED) is 0.595. The molecule has 8 nitrogen and oxygen atoms in total. The number of anilines is 2. The maximum Gasteiger partial charge on any atom is 0.222 e. The number of carbonyl (C=O) groups is 1. The molecule has 4 rings (SSSR count). The molecule has 0 radical (unpaired) electrons. The first-order valence-electron chi connectivity index (χ1n) is 12.0. The summed E-state index contributed by atoms with van der Waals surface area (Å²) in [5.41, 5.74) is 9.78. The summed E-state index contributed by atoms with van der Waals surface area (Å²) in [4.78, 5) is 23.4. The minimum Gasteiger partial charge on any atom is -0.368 e. The lowest BCUT2D eigenvalue weighted by molar-refractivity contribution is -0.112. The number of benzene rings is 1. The molecule has 3 heterocycles. The molecule has 2 aliphatic heterocycles. The lowest BCUT2D eigenvalue weighted by Gasteiger charge is -2.31. The number of hydrogen-bond donors (Lipinski definition) is 2. The molecule has 1 aromatic carbocycles. The van der Waals surface area contributed by atoms with E-state index in [1.165, 1.54) is 18.4 Å². The number of nitrogens with zero attached hydrogens (tertiary/aromatic N) is 5. The highest BCUT2D eigenvalue weighted by Gasteiger charge is 2.30. The monoisotopic (exact) mass is 449 g/mol. The van der Waals surface area contributed by atoms with Gasteiger partial charge in [0.2, 0.25) is 5.95 Å². The maximum atomic E-state index is 12.2. The smallest absolute Gasteiger partial charge is 0.222 e. The third kappa shape index (κ3) is 5.33. The Balaban J connectivity index is 1.52. The number of piperidine rings is 1. The van der Waals surface area contributed by atoms with Gasteiger partial charge in [-0.1, -0.05) is 37.6 Å². The highest BCUT2D eigenvalue weighted by atomic mass is 16.1. The minimum atomic E-state index is -0.574. The summed E-state index contributed by atoms with van der Waals surface area (Å²) in [6.07, 6.45) is 7.03. The highest BCUT2D eigenvalue weighted by Crippen LogP contribution is 2.33. The van der Waals surface area contributed by atoms with Gasteiger partial charge in [0, 0.05) is 6.04 Å². The number of aromatic nitrogens is 2. The van der Waals surface area contributed by atoms with E-state index in [4.69, 9.17) is 5.73 Å². The van der Waals surface area contributed by atoms with Crippen molar-refractivity contribution in [1.82, 2.24) is 19.9 Å². The van der Waals surface area contributed by atoms with Crippen LogP contribution in [0, 0.1) is 0 Å². The molecule has 2 aromatic rings. The first-order valence-corrected chi connectivity index (χ1v) is 12.0. The molecular weight excluding hydrogens is 414 g/mol. The van der Waals surface area contributed by atoms with Crippen LogP contribution in [-0.4, -0.2) is 58.6 Å². The van der Waals surface area contributed by atoms with Gasteiger partial charge < -0.3 is 20.7 Å². The van der Waals surface area contributed by atoms with Crippen molar-refractivity contribution in [2.45, 2.75) is 64.1 Å². The number of aldehydes is 1. The van der Waals surface area contributed by atoms with Gasteiger partial charge in [-0.15, -0.1) is 0 Å². The molecular formula is C25H35N7O. The molecule has 0 bridgehead atoms. The average molecular weight is 450 g/mol. The van der Waals surface area contributed by atoms with E-state index in [1.807, 2.05) is 0 Å². The van der Waals surface area contributed by atoms with E-state index in [0.717, 1.165) is 43.3 Å². The predicted molar refractivity (Wildman–Crippen MR) is 132 cm³/mol. The molecule has 1 fully saturated rings. The Bertz CT molecular complexity index is 983. The van der Waals surface area contributed by atoms with Gasteiger partial charge in [0.15, 0.2) is 0 Å². The zero-order chi connectivity index (χ0) is 23.4. The van der Waals surface area contributed by atoms with E-state index in [0.29, 0.717) is 24.0 Å². The summed E-state index contributed by atoms with van der Waals surface area (Å²) < 4.78 is 0. The minimum absolute atomic E-state index is 0.175. The largest absolute Gasteiger partial charge is 0.368 e. The van der Waals surface area contributed by atoms with Gasteiger partial charge in [-0.3, -0.25) is 5.01 Å². The third-order valence-corrected chi connectivity index (χ3v) is 6.69. The Morgan fingerprint density at radius 2 is 1.94 bits per heavy atom. The summed E-state index contributed by atoms with van der Waals surface area (Å²) in [5.74, 6) is 1.41. The molecule has 33 heavy (non-hydrogen) atoms. The van der Waals surface area contributed by atoms with Crippen LogP contribution in [0.2, 0.25) is 0 Å². The molecule has 1 saturated heterocycles. The van der Waals surface area contributed by atoms with Crippen LogP contribution in [-0.2, 0) is 11.3 Å². The van der Waals surface area contributed by atoms with Crippen LogP contribution in [0.3, 0.4) is 0 Å². The normalized spacial score (nSPS) is 19.8. The Labute approximate surface area is 196 Å². The fourth-order valence-corrected chi connectivity index (χ4v) is 4.79. The van der Waals surface area contributed by atoms with Gasteiger partial charge in [0.1, 0.15) is 18.1 Å². The number of nitrogens with two attached hydrogens (primary N) is 1. The number of hydrogen-bond acceptors (Lipinski definition) is 8. The average Bonchev–Trinajstić information content (AvgIpc) is 2.80. The first kappa shape index (κ1) is 23.2. The van der Waals surface area contributed by atoms with Gasteiger partial charge in [-0.2, -0.15) is 10.1 Å². The Hall–Kier alpha value is -3.00. The summed E-state index contributed by atoms with van der Waals surface area (Å²) in [6, 6.07) is 8.40. The second-order valence-electron chi connectivity index (χ2n) is 9.31. The van der Waals surface area contributed by atoms with E-state index in [2.05, 4.69) is 70.4 Å². The second-order valence-corrected chi connectivity index (χ2v) is 9.31. The fourth-order valence-electron chi connectivity index (χ4n) is 4.79. The van der Waals surface area contributed by atoms with E-state index >= 15 is 0 Å². The Morgan fingerprint density at radius 1 is 1.21 bits per heavy atom. The molecule has 1 aromatic heterocycles. The molecule has 0 amide bonds. The number of likely N-dealkylation sites (tertiary alicyclic amines) is 1. The standard InChI is InChI=1S/C25H35N7O/c1-4-5-17(2)28-24-23-21(29-25(26)30-24)14-27-32(22(23)16-33)15-18-6-8-19(9-7-18)20-10-12-31(3)13-11-20/h6-9,14,16-17,20,22H,4-5,10-13,15H2,1-3H3,(H3,26,28,29,30)/t17?,22-/m0/s1. The van der Waals surface area contributed by atoms with E-state index < -0.39 is 6.04 Å². The van der Waals surface area contributed by atoms with E-state index in [9.17, 15) is 4.79 Å². The lowest BCUT2D eigenvalue weighted by atomic mass is 9.89. The number of hydrazone groups is 1. The van der Waals surface area contributed by atoms with E-state index in [1.54, 1.807) is 11.2 Å². The van der Waals surface area contributed by atoms with Crippen LogP contribution in [0.25, 0.3) is 0 Å². The first-order chi connectivity index (χ1) is 16.0. The molecule has 2 atom stereocenters. The van der Waals surface area contributed by atoms with Crippen LogP contribution < -0.4 is 11.1 Å². The number of carbonyl (C=O) groups excluding carboxylic acids is 1. The van der Waals surface area contributed by atoms with Crippen LogP contribution in [0.5, 0.6) is 0 Å². The van der Waals surface area contributed by atoms with Crippen molar-refractivity contribution >= 4 is 24.3 Å². The van der Waals surface area contributed by atoms with Crippen LogP contribution in [0.1, 0.15) is 73.9 Å². The van der Waals surface area contributed by atoms with Crippen molar-refractivity contribution in [1.29, 1.82) is 0 Å². The number of rotatable bonds is 8. The topological polar surface area (TPSA) is 99.7 Å². The molecule has 0 aliphatic carbocycles. The van der Waals surface area contributed by atoms with Gasteiger partial charge in [0.25, 0.3) is 0 Å². The van der Waals surface area contributed by atoms with Gasteiger partial charge in [-0.25, -0.2) is 4.98 Å². The summed E-state index contributed by atoms with van der Waals surface area (Å²) >= 11 is 0. The van der Waals surface area contributed by atoms with E-state index in [-0.39, 0.29) is 12.0 Å². The molecule has 8 heteroatoms. The van der Waals surface area contributed by atoms with Gasteiger partial charge in [-0.05, 0) is 63.4 Å². The highest BCUT2D eigenvalue weighted by molar-refractivity contribution is 5.86. The van der Waals surface area contributed by atoms with Crippen LogP contribution in [0.4, 0.5) is 11.8 Å². The maximum absolute atomic E-state index is 12.2. The fraction of sp³-hybridized carbons (Fsp3) is 0.520. The zero-order valence-corrected chi connectivity index (χ0v) is 19.9. The predicted octanol–water partition coefficient (Wildman–Crippen LogP) is 3.56. The van der Waals surface area contributed by atoms with Gasteiger partial charge >= 0.3 is 0 Å². The van der Waals surface area contributed by atoms with Crippen molar-refractivity contribution in [3.63, 3.8) is 0 Å². The number of nitrogen functional groups attached to an aromatic ring is 1. The molecule has 176 valence electrons. The van der Waals surface area contributed by atoms with Crippen molar-refractivity contribution < 1.29 is 4.79 Å². The van der Waals surface area contributed by atoms with Crippen LogP contribution >= 0.6 is 0 Å². The lowest BCUT2D eigenvalue weighted by Crippen LogP contribution is -2.32. The Kier molecular flexibility index (Phi) is 7.23. The number of nitrogens with one attached hydrogen (secondary N) is 1. The Morgan fingerprint density at radius 3 is 2.61 bits per heavy atom. The SMILES string of the molecule is CCCC(C)Nc1nc(N)nc2c1[C@H](C=O)N(Cc1ccc(C3CCN(C)CC3)cc1)N=C2. The summed E-state index contributed by atoms with van der Waals surface area (Å²) in [7, 11) is 2.19. The van der Waals surface area contributed by atoms with Crippen molar-refractivity contribution in [2.24, 2.45) is 5.10 Å². The molecule has 3 N–H and O–H groups in total. The summed E-state index contributed by atoms with van der Waals surface area (Å²) in [5, 5.41) is 9.76. The molecule has 0 spiro atoms. The van der Waals surface area contributed by atoms with Crippen molar-refractivity contribution in [3.05, 3.63) is 46.6 Å². The van der Waals surface area contributed by atoms with Crippen molar-refractivity contribution in [3.8, 4) is 0 Å². The molecule has 2 aliphatic rings.